The lowest BCUT2D eigenvalue weighted by Gasteiger charge is -2.32. The molecule has 1 spiro atoms. The summed E-state index contributed by atoms with van der Waals surface area (Å²) in [5.41, 5.74) is 7.93. The molecule has 0 unspecified atom stereocenters. The molecule has 22 heavy (non-hydrogen) atoms. The molecule has 0 heterocycles. The number of fused-ring (bicyclic) bond motifs is 5. The Balaban J connectivity index is 1.91. The van der Waals surface area contributed by atoms with Gasteiger partial charge in [-0.15, -0.1) is 0 Å². The molecular formula is C22H26. The van der Waals surface area contributed by atoms with Gasteiger partial charge in [0, 0.05) is 5.41 Å². The highest BCUT2D eigenvalue weighted by Crippen LogP contribution is 2.54. The molecule has 2 aliphatic carbocycles. The lowest BCUT2D eigenvalue weighted by Crippen LogP contribution is -2.25. The van der Waals surface area contributed by atoms with Gasteiger partial charge in [-0.1, -0.05) is 86.6 Å². The number of benzene rings is 2. The summed E-state index contributed by atoms with van der Waals surface area (Å²) >= 11 is 0. The Hall–Kier alpha value is -1.56. The third-order valence-electron chi connectivity index (χ3n) is 5.88. The van der Waals surface area contributed by atoms with Crippen molar-refractivity contribution in [1.29, 1.82) is 0 Å². The summed E-state index contributed by atoms with van der Waals surface area (Å²) in [6.45, 7) is 2.24. The average molecular weight is 290 g/mol. The molecule has 0 bridgehead atoms. The van der Waals surface area contributed by atoms with Crippen LogP contribution in [-0.2, 0) is 5.41 Å². The largest absolute Gasteiger partial charge is 0.0619 e. The van der Waals surface area contributed by atoms with E-state index < -0.39 is 0 Å². The van der Waals surface area contributed by atoms with Crippen molar-refractivity contribution in [2.24, 2.45) is 0 Å². The molecule has 0 heteroatoms. The Kier molecular flexibility index (Phi) is 3.56. The predicted octanol–water partition coefficient (Wildman–Crippen LogP) is 6.40. The molecule has 1 saturated carbocycles. The number of rotatable bonds is 0. The third-order valence-corrected chi connectivity index (χ3v) is 5.88. The summed E-state index contributed by atoms with van der Waals surface area (Å²) < 4.78 is 0. The molecule has 2 aromatic rings. The first-order chi connectivity index (χ1) is 10.8. The van der Waals surface area contributed by atoms with Crippen LogP contribution in [0.4, 0.5) is 0 Å². The maximum Gasteiger partial charge on any atom is 0.0215 e. The van der Waals surface area contributed by atoms with E-state index in [-0.39, 0.29) is 0 Å². The van der Waals surface area contributed by atoms with Crippen molar-refractivity contribution in [3.05, 3.63) is 59.2 Å². The van der Waals surface area contributed by atoms with E-state index in [0.29, 0.717) is 5.41 Å². The van der Waals surface area contributed by atoms with E-state index in [0.717, 1.165) is 0 Å². The van der Waals surface area contributed by atoms with Crippen LogP contribution in [0, 0.1) is 6.92 Å². The van der Waals surface area contributed by atoms with E-state index in [1.165, 1.54) is 68.1 Å². The Labute approximate surface area is 134 Å². The highest BCUT2D eigenvalue weighted by Gasteiger charge is 2.42. The fourth-order valence-electron chi connectivity index (χ4n) is 4.79. The van der Waals surface area contributed by atoms with Crippen LogP contribution in [0.2, 0.25) is 0 Å². The third kappa shape index (κ3) is 2.12. The van der Waals surface area contributed by atoms with Gasteiger partial charge >= 0.3 is 0 Å². The van der Waals surface area contributed by atoms with Gasteiger partial charge in [0.25, 0.3) is 0 Å². The second-order valence-corrected chi connectivity index (χ2v) is 7.30. The second-order valence-electron chi connectivity index (χ2n) is 7.30. The number of hydrogen-bond donors (Lipinski definition) is 0. The van der Waals surface area contributed by atoms with Gasteiger partial charge in [0.05, 0.1) is 0 Å². The summed E-state index contributed by atoms with van der Waals surface area (Å²) in [6, 6.07) is 16.3. The minimum Gasteiger partial charge on any atom is -0.0619 e. The first-order valence-corrected chi connectivity index (χ1v) is 9.02. The highest BCUT2D eigenvalue weighted by molar-refractivity contribution is 5.81. The van der Waals surface area contributed by atoms with E-state index in [1.807, 2.05) is 0 Å². The molecule has 0 nitrogen and oxygen atoms in total. The van der Waals surface area contributed by atoms with Crippen LogP contribution in [-0.4, -0.2) is 0 Å². The van der Waals surface area contributed by atoms with Crippen molar-refractivity contribution in [3.8, 4) is 11.1 Å². The van der Waals surface area contributed by atoms with E-state index >= 15 is 0 Å². The first-order valence-electron chi connectivity index (χ1n) is 9.02. The van der Waals surface area contributed by atoms with Crippen LogP contribution in [0.1, 0.15) is 68.1 Å². The van der Waals surface area contributed by atoms with E-state index in [2.05, 4.69) is 49.4 Å². The number of hydrogen-bond acceptors (Lipinski definition) is 0. The standard InChI is InChI=1S/C22H26/c1-17-12-13-19-18-10-6-7-11-20(18)22(21(19)16-17)14-8-4-2-3-5-9-15-22/h6-7,10-13,16H,2-5,8-9,14-15H2,1H3. The Morgan fingerprint density at radius 2 is 1.32 bits per heavy atom. The quantitative estimate of drug-likeness (QED) is 0.527. The number of aryl methyl sites for hydroxylation is 1. The van der Waals surface area contributed by atoms with E-state index in [9.17, 15) is 0 Å². The van der Waals surface area contributed by atoms with Gasteiger partial charge in [0.15, 0.2) is 0 Å². The van der Waals surface area contributed by atoms with Crippen molar-refractivity contribution in [2.45, 2.75) is 63.7 Å². The molecule has 0 atom stereocenters. The first kappa shape index (κ1) is 14.1. The fraction of sp³-hybridized carbons (Fsp3) is 0.455. The van der Waals surface area contributed by atoms with Crippen molar-refractivity contribution >= 4 is 0 Å². The molecule has 0 radical (unpaired) electrons. The molecule has 2 aliphatic rings. The minimum absolute atomic E-state index is 0.294. The summed E-state index contributed by atoms with van der Waals surface area (Å²) in [7, 11) is 0. The molecule has 114 valence electrons. The van der Waals surface area contributed by atoms with Crippen LogP contribution in [0.3, 0.4) is 0 Å². The molecule has 0 aromatic heterocycles. The lowest BCUT2D eigenvalue weighted by molar-refractivity contribution is 0.422. The van der Waals surface area contributed by atoms with Crippen LogP contribution >= 0.6 is 0 Å². The highest BCUT2D eigenvalue weighted by atomic mass is 14.4. The topological polar surface area (TPSA) is 0 Å². The van der Waals surface area contributed by atoms with Crippen LogP contribution in [0.25, 0.3) is 11.1 Å². The van der Waals surface area contributed by atoms with Crippen LogP contribution in [0.5, 0.6) is 0 Å². The second kappa shape index (κ2) is 5.57. The molecular weight excluding hydrogens is 264 g/mol. The molecule has 4 rings (SSSR count). The van der Waals surface area contributed by atoms with Gasteiger partial charge in [-0.25, -0.2) is 0 Å². The maximum absolute atomic E-state index is 2.48. The van der Waals surface area contributed by atoms with Gasteiger partial charge in [-0.05, 0) is 42.0 Å². The maximum atomic E-state index is 2.48. The van der Waals surface area contributed by atoms with Crippen LogP contribution in [0.15, 0.2) is 42.5 Å². The lowest BCUT2D eigenvalue weighted by atomic mass is 9.71. The minimum atomic E-state index is 0.294. The predicted molar refractivity (Wildman–Crippen MR) is 94.3 cm³/mol. The Morgan fingerprint density at radius 1 is 0.682 bits per heavy atom. The molecule has 0 aliphatic heterocycles. The smallest absolute Gasteiger partial charge is 0.0215 e. The van der Waals surface area contributed by atoms with Gasteiger partial charge in [-0.3, -0.25) is 0 Å². The van der Waals surface area contributed by atoms with Gasteiger partial charge < -0.3 is 0 Å². The SMILES string of the molecule is Cc1ccc2c(c1)C1(CCCCCCCC1)c1ccccc1-2. The summed E-state index contributed by atoms with van der Waals surface area (Å²) in [6.07, 6.45) is 11.1. The van der Waals surface area contributed by atoms with Gasteiger partial charge in [0.2, 0.25) is 0 Å². The van der Waals surface area contributed by atoms with Crippen molar-refractivity contribution in [3.63, 3.8) is 0 Å². The average Bonchev–Trinajstić information content (AvgIpc) is 2.87. The Morgan fingerprint density at radius 3 is 2.09 bits per heavy atom. The summed E-state index contributed by atoms with van der Waals surface area (Å²) in [5.74, 6) is 0. The summed E-state index contributed by atoms with van der Waals surface area (Å²) in [4.78, 5) is 0. The van der Waals surface area contributed by atoms with E-state index in [4.69, 9.17) is 0 Å². The van der Waals surface area contributed by atoms with Gasteiger partial charge in [0.1, 0.15) is 0 Å². The molecule has 0 N–H and O–H groups in total. The molecule has 0 saturated heterocycles. The Bertz CT molecular complexity index is 670. The zero-order valence-corrected chi connectivity index (χ0v) is 13.7. The molecule has 2 aromatic carbocycles. The molecule has 1 fully saturated rings. The van der Waals surface area contributed by atoms with E-state index in [1.54, 1.807) is 11.1 Å². The summed E-state index contributed by atoms with van der Waals surface area (Å²) in [5, 5.41) is 0. The normalized spacial score (nSPS) is 19.9. The fourth-order valence-corrected chi connectivity index (χ4v) is 4.79. The zero-order valence-electron chi connectivity index (χ0n) is 13.7. The van der Waals surface area contributed by atoms with Gasteiger partial charge in [-0.2, -0.15) is 0 Å². The van der Waals surface area contributed by atoms with Crippen molar-refractivity contribution in [1.82, 2.24) is 0 Å². The van der Waals surface area contributed by atoms with Crippen molar-refractivity contribution in [2.75, 3.05) is 0 Å². The van der Waals surface area contributed by atoms with Crippen molar-refractivity contribution < 1.29 is 0 Å². The monoisotopic (exact) mass is 290 g/mol. The van der Waals surface area contributed by atoms with Crippen LogP contribution < -0.4 is 0 Å². The molecule has 0 amide bonds. The zero-order chi connectivity index (χ0) is 15.0.